The average molecular weight is 567 g/mol. The number of aromatic hydroxyl groups is 1. The minimum Gasteiger partial charge on any atom is -0.508 e. The first-order valence-electron chi connectivity index (χ1n) is 11.2. The first kappa shape index (κ1) is 30.9. The highest BCUT2D eigenvalue weighted by Gasteiger charge is 2.54. The molecule has 206 valence electrons. The van der Waals surface area contributed by atoms with Gasteiger partial charge in [-0.3, -0.25) is 19.6 Å². The average Bonchev–Trinajstić information content (AvgIpc) is 3.44. The summed E-state index contributed by atoms with van der Waals surface area (Å²) in [4.78, 5) is 38.4. The molecule has 2 unspecified atom stereocenters. The predicted molar refractivity (Wildman–Crippen MR) is 142 cm³/mol. The third kappa shape index (κ3) is 7.82. The molecule has 1 aromatic heterocycles. The summed E-state index contributed by atoms with van der Waals surface area (Å²) in [5.74, 6) is -1.43. The van der Waals surface area contributed by atoms with Crippen LogP contribution in [0.15, 0.2) is 59.4 Å². The lowest BCUT2D eigenvalue weighted by molar-refractivity contribution is -0.150. The number of hydrogen-bond acceptors (Lipinski definition) is 11. The number of aliphatic carboxylic acids is 1. The van der Waals surface area contributed by atoms with Gasteiger partial charge in [0.25, 0.3) is 5.91 Å². The minimum absolute atomic E-state index is 0.0468. The number of carbonyl (C=O) groups is 3. The minimum atomic E-state index is -1.19. The number of phenolic OH excluding ortho intramolecular Hbond substituents is 1. The Labute approximate surface area is 227 Å². The van der Waals surface area contributed by atoms with E-state index in [1.165, 1.54) is 58.9 Å². The Morgan fingerprint density at radius 1 is 1.34 bits per heavy atom. The van der Waals surface area contributed by atoms with Gasteiger partial charge in [0.15, 0.2) is 0 Å². The number of carboxylic acids is 1. The Kier molecular flexibility index (Phi) is 12.3. The lowest BCUT2D eigenvalue weighted by atomic mass is 10.0. The molecule has 0 aliphatic carbocycles. The number of carboxylic acid groups (broad SMARTS) is 1. The molecule has 2 aliphatic rings. The number of aliphatic hydroxyl groups excluding tert-OH is 2. The maximum atomic E-state index is 12.7. The fraction of sp³-hybridized carbons (Fsp3) is 0.348. The number of aromatic nitrogens is 3. The molecule has 1 fully saturated rings. The molecular weight excluding hydrogens is 536 g/mol. The number of hydrogen-bond donors (Lipinski definition) is 7. The third-order valence-corrected chi connectivity index (χ3v) is 7.32. The molecule has 3 heterocycles. The Bertz CT molecular complexity index is 1130. The van der Waals surface area contributed by atoms with Crippen molar-refractivity contribution >= 4 is 41.3 Å². The molecule has 1 aromatic carbocycles. The highest BCUT2D eigenvalue weighted by Crippen LogP contribution is 2.41. The molecule has 3 atom stereocenters. The van der Waals surface area contributed by atoms with Crippen molar-refractivity contribution in [3.05, 3.63) is 60.0 Å². The van der Waals surface area contributed by atoms with E-state index in [1.54, 1.807) is 6.08 Å². The molecule has 15 heteroatoms. The van der Waals surface area contributed by atoms with Crippen LogP contribution in [0.2, 0.25) is 0 Å². The number of benzene rings is 1. The number of aliphatic hydroxyl groups is 2. The first-order chi connectivity index (χ1) is 18.2. The fourth-order valence-electron chi connectivity index (χ4n) is 3.29. The largest absolute Gasteiger partial charge is 0.508 e. The van der Waals surface area contributed by atoms with Gasteiger partial charge >= 0.3 is 5.97 Å². The summed E-state index contributed by atoms with van der Waals surface area (Å²) in [6.07, 6.45) is 3.28. The number of carbonyl (C=O) groups excluding carboxylic acids is 2. The maximum Gasteiger partial charge on any atom is 0.352 e. The van der Waals surface area contributed by atoms with Crippen LogP contribution in [-0.2, 0) is 14.4 Å². The molecule has 0 saturated carbocycles. The standard InChI is InChI=1S/C18H18N6O5S2.C3H6.C2H6O2/c19-12(8-1-3-10(25)4-2-8)15(26)21-13-16(27)24-14(18(28)29)9(7-31-17(13)24)6-30-11-5-20-23-22-11;1-3-2;3-1-2-4/h1-5,12-13,17,25H,6-7,19H2,(H,21,26)(H,28,29)(H,20,22,23);3H,1H2,2H3;3-4H,1-2H2/t12?,13?,17-;;/m1../s1. The number of aromatic amines is 1. The Morgan fingerprint density at radius 3 is 2.50 bits per heavy atom. The maximum absolute atomic E-state index is 12.7. The fourth-order valence-corrected chi connectivity index (χ4v) is 5.56. The van der Waals surface area contributed by atoms with Gasteiger partial charge in [-0.2, -0.15) is 0 Å². The van der Waals surface area contributed by atoms with E-state index in [9.17, 15) is 24.6 Å². The van der Waals surface area contributed by atoms with Crippen LogP contribution in [-0.4, -0.2) is 94.7 Å². The van der Waals surface area contributed by atoms with Crippen LogP contribution in [0.4, 0.5) is 0 Å². The summed E-state index contributed by atoms with van der Waals surface area (Å²) in [5, 5.41) is 47.1. The van der Waals surface area contributed by atoms with E-state index < -0.39 is 35.2 Å². The van der Waals surface area contributed by atoms with Crippen LogP contribution in [0.5, 0.6) is 5.75 Å². The number of amides is 2. The molecule has 2 aliphatic heterocycles. The first-order valence-corrected chi connectivity index (χ1v) is 13.3. The van der Waals surface area contributed by atoms with E-state index in [4.69, 9.17) is 15.9 Å². The number of nitrogens with zero attached hydrogens (tertiary/aromatic N) is 3. The number of fused-ring (bicyclic) bond motifs is 1. The van der Waals surface area contributed by atoms with Crippen LogP contribution in [0.3, 0.4) is 0 Å². The van der Waals surface area contributed by atoms with E-state index in [-0.39, 0.29) is 24.7 Å². The second-order valence-corrected chi connectivity index (χ2v) is 9.81. The zero-order chi connectivity index (χ0) is 28.2. The van der Waals surface area contributed by atoms with Gasteiger partial charge in [0.2, 0.25) is 5.91 Å². The molecule has 0 bridgehead atoms. The molecule has 1 saturated heterocycles. The Balaban J connectivity index is 0.000000650. The van der Waals surface area contributed by atoms with Gasteiger partial charge in [-0.25, -0.2) is 4.79 Å². The van der Waals surface area contributed by atoms with Crippen molar-refractivity contribution in [2.24, 2.45) is 5.73 Å². The number of thioether (sulfide) groups is 2. The van der Waals surface area contributed by atoms with Gasteiger partial charge < -0.3 is 31.5 Å². The molecule has 2 amide bonds. The van der Waals surface area contributed by atoms with Crippen LogP contribution in [0.25, 0.3) is 0 Å². The van der Waals surface area contributed by atoms with Crippen molar-refractivity contribution < 1.29 is 34.8 Å². The van der Waals surface area contributed by atoms with Crippen molar-refractivity contribution in [2.75, 3.05) is 24.7 Å². The second-order valence-electron chi connectivity index (χ2n) is 7.69. The van der Waals surface area contributed by atoms with Crippen LogP contribution >= 0.6 is 23.5 Å². The third-order valence-electron chi connectivity index (χ3n) is 4.98. The second kappa shape index (κ2) is 15.1. The quantitative estimate of drug-likeness (QED) is 0.130. The molecule has 0 spiro atoms. The molecular formula is C23H30N6O7S2. The van der Waals surface area contributed by atoms with Crippen LogP contribution in [0.1, 0.15) is 18.5 Å². The highest BCUT2D eigenvalue weighted by atomic mass is 32.2. The number of phenols is 1. The van der Waals surface area contributed by atoms with Crippen LogP contribution < -0.4 is 11.1 Å². The van der Waals surface area contributed by atoms with Crippen LogP contribution in [0, 0.1) is 0 Å². The number of allylic oxidation sites excluding steroid dienone is 1. The molecule has 13 nitrogen and oxygen atoms in total. The van der Waals surface area contributed by atoms with E-state index >= 15 is 0 Å². The lowest BCUT2D eigenvalue weighted by Gasteiger charge is -2.49. The van der Waals surface area contributed by atoms with E-state index in [2.05, 4.69) is 27.3 Å². The van der Waals surface area contributed by atoms with E-state index in [0.717, 1.165) is 0 Å². The lowest BCUT2D eigenvalue weighted by Crippen LogP contribution is -2.71. The summed E-state index contributed by atoms with van der Waals surface area (Å²) in [5.41, 5.74) is 7.00. The highest BCUT2D eigenvalue weighted by molar-refractivity contribution is 8.01. The molecule has 2 aromatic rings. The Hall–Kier alpha value is -3.37. The van der Waals surface area contributed by atoms with Crippen molar-refractivity contribution in [3.8, 4) is 5.75 Å². The van der Waals surface area contributed by atoms with Crippen molar-refractivity contribution in [3.63, 3.8) is 0 Å². The molecule has 4 rings (SSSR count). The topological polar surface area (TPSA) is 215 Å². The smallest absolute Gasteiger partial charge is 0.352 e. The summed E-state index contributed by atoms with van der Waals surface area (Å²) < 4.78 is 0. The monoisotopic (exact) mass is 566 g/mol. The summed E-state index contributed by atoms with van der Waals surface area (Å²) in [6.45, 7) is 5.00. The van der Waals surface area contributed by atoms with Gasteiger partial charge in [0, 0.05) is 11.5 Å². The molecule has 38 heavy (non-hydrogen) atoms. The summed E-state index contributed by atoms with van der Waals surface area (Å²) in [7, 11) is 0. The Morgan fingerprint density at radius 2 is 1.97 bits per heavy atom. The summed E-state index contributed by atoms with van der Waals surface area (Å²) in [6, 6.07) is 3.99. The van der Waals surface area contributed by atoms with Crippen molar-refractivity contribution in [1.29, 1.82) is 0 Å². The van der Waals surface area contributed by atoms with E-state index in [0.29, 0.717) is 27.7 Å². The zero-order valence-corrected chi connectivity index (χ0v) is 22.1. The van der Waals surface area contributed by atoms with Gasteiger partial charge in [0.05, 0.1) is 19.4 Å². The van der Waals surface area contributed by atoms with Gasteiger partial charge in [-0.05, 0) is 30.2 Å². The summed E-state index contributed by atoms with van der Waals surface area (Å²) >= 11 is 2.72. The predicted octanol–water partition coefficient (Wildman–Crippen LogP) is 0.204. The zero-order valence-electron chi connectivity index (χ0n) is 20.5. The van der Waals surface area contributed by atoms with Crippen molar-refractivity contribution in [2.45, 2.75) is 29.4 Å². The van der Waals surface area contributed by atoms with Gasteiger partial charge in [-0.15, -0.1) is 35.2 Å². The number of nitrogens with one attached hydrogen (secondary N) is 2. The SMILES string of the molecule is C=CC.NC(C(=O)NC1C(=O)N2C(C(=O)O)=C(CSc3cnn[nH]3)CS[C@H]12)c1ccc(O)cc1.OCCO. The molecule has 8 N–H and O–H groups in total. The van der Waals surface area contributed by atoms with Gasteiger partial charge in [-0.1, -0.05) is 23.4 Å². The number of nitrogens with two attached hydrogens (primary N) is 1. The number of β-lactam (4-membered cyclic amide) rings is 1. The van der Waals surface area contributed by atoms with Crippen molar-refractivity contribution in [1.82, 2.24) is 25.6 Å². The normalized spacial score (nSPS) is 18.5. The number of H-pyrrole nitrogens is 1. The molecule has 0 radical (unpaired) electrons. The number of rotatable bonds is 8. The van der Waals surface area contributed by atoms with E-state index in [1.807, 2.05) is 6.92 Å². The van der Waals surface area contributed by atoms with Gasteiger partial charge in [0.1, 0.15) is 33.9 Å².